The van der Waals surface area contributed by atoms with Crippen LogP contribution in [0.2, 0.25) is 0 Å². The number of hydrogen-bond donors (Lipinski definition) is 2. The zero-order chi connectivity index (χ0) is 58.4. The largest absolute Gasteiger partial charge is 0.756 e. The molecule has 0 radical (unpaired) electrons. The number of aliphatic hydroxyl groups is 1. The van der Waals surface area contributed by atoms with Crippen molar-refractivity contribution in [1.29, 1.82) is 0 Å². The number of carbonyl (C=O) groups excluding carboxylic acids is 1. The number of quaternary nitrogens is 1. The lowest BCUT2D eigenvalue weighted by atomic mass is 10.0. The van der Waals surface area contributed by atoms with Crippen molar-refractivity contribution < 1.29 is 32.9 Å². The number of amides is 1. The van der Waals surface area contributed by atoms with Crippen molar-refractivity contribution in [3.8, 4) is 0 Å². The van der Waals surface area contributed by atoms with Gasteiger partial charge in [-0.3, -0.25) is 9.36 Å². The van der Waals surface area contributed by atoms with Gasteiger partial charge in [-0.05, 0) is 12.8 Å². The zero-order valence-corrected chi connectivity index (χ0v) is 56.0. The maximum Gasteiger partial charge on any atom is 0.268 e. The lowest BCUT2D eigenvalue weighted by Crippen LogP contribution is -2.46. The van der Waals surface area contributed by atoms with Gasteiger partial charge in [0, 0.05) is 6.42 Å². The summed E-state index contributed by atoms with van der Waals surface area (Å²) in [5.74, 6) is -0.154. The molecular weight excluding hydrogens is 1010 g/mol. The number of unbranched alkanes of at least 4 members (excludes halogenated alkanes) is 56. The van der Waals surface area contributed by atoms with Crippen molar-refractivity contribution >= 4 is 13.7 Å². The number of nitrogens with one attached hydrogen (secondary N) is 1. The van der Waals surface area contributed by atoms with Crippen LogP contribution in [0.15, 0.2) is 0 Å². The number of carbonyl (C=O) groups is 1. The maximum atomic E-state index is 13.0. The van der Waals surface area contributed by atoms with Crippen molar-refractivity contribution in [3.05, 3.63) is 0 Å². The molecule has 0 aromatic heterocycles. The fourth-order valence-corrected chi connectivity index (χ4v) is 12.4. The predicted octanol–water partition coefficient (Wildman–Crippen LogP) is 22.5. The lowest BCUT2D eigenvalue weighted by Gasteiger charge is -2.30. The molecule has 8 nitrogen and oxygen atoms in total. The second-order valence-corrected chi connectivity index (χ2v) is 28.1. The Bertz CT molecular complexity index is 1260. The Balaban J connectivity index is 3.85. The minimum atomic E-state index is -4.57. The molecule has 480 valence electrons. The number of nitrogens with zero attached hydrogens (tertiary/aromatic N) is 1. The van der Waals surface area contributed by atoms with Crippen LogP contribution in [-0.2, 0) is 18.4 Å². The van der Waals surface area contributed by atoms with E-state index in [9.17, 15) is 19.4 Å². The van der Waals surface area contributed by atoms with Crippen LogP contribution >= 0.6 is 7.82 Å². The molecule has 9 heteroatoms. The maximum absolute atomic E-state index is 13.0. The summed E-state index contributed by atoms with van der Waals surface area (Å²) in [6.07, 6.45) is 79.2. The van der Waals surface area contributed by atoms with E-state index in [1.54, 1.807) is 0 Å². The molecule has 0 aromatic rings. The van der Waals surface area contributed by atoms with E-state index in [0.717, 1.165) is 38.5 Å². The standard InChI is InChI=1S/C71H145N2O6P/c1-6-8-10-12-14-16-18-20-22-24-26-27-28-29-30-31-32-33-34-35-36-37-38-39-40-41-42-43-44-45-47-49-51-53-55-57-59-61-63-65-71(75)72-69(68-79-80(76,77)78-67-66-73(3,4)5)70(74)64-62-60-58-56-54-52-50-48-46-25-23-21-19-17-15-13-11-9-7-2/h69-70,74H,6-68H2,1-5H3,(H-,72,75,76,77). The van der Waals surface area contributed by atoms with Gasteiger partial charge in [0.2, 0.25) is 5.91 Å². The molecule has 2 N–H and O–H groups in total. The van der Waals surface area contributed by atoms with Crippen LogP contribution in [-0.4, -0.2) is 68.5 Å². The first kappa shape index (κ1) is 79.5. The molecule has 0 aliphatic carbocycles. The van der Waals surface area contributed by atoms with Crippen LogP contribution < -0.4 is 10.2 Å². The summed E-state index contributed by atoms with van der Waals surface area (Å²) in [5, 5.41) is 14.1. The van der Waals surface area contributed by atoms with Gasteiger partial charge in [-0.1, -0.05) is 380 Å². The quantitative estimate of drug-likeness (QED) is 0.0357. The van der Waals surface area contributed by atoms with Gasteiger partial charge < -0.3 is 28.8 Å². The van der Waals surface area contributed by atoms with Crippen LogP contribution in [0.4, 0.5) is 0 Å². The minimum Gasteiger partial charge on any atom is -0.756 e. The number of hydrogen-bond acceptors (Lipinski definition) is 6. The van der Waals surface area contributed by atoms with Gasteiger partial charge in [-0.25, -0.2) is 0 Å². The van der Waals surface area contributed by atoms with E-state index >= 15 is 0 Å². The Hall–Kier alpha value is -0.500. The number of phosphoric ester groups is 1. The van der Waals surface area contributed by atoms with Crippen LogP contribution in [0.25, 0.3) is 0 Å². The van der Waals surface area contributed by atoms with E-state index in [2.05, 4.69) is 19.2 Å². The molecule has 0 spiro atoms. The monoisotopic (exact) mass is 1150 g/mol. The second kappa shape index (κ2) is 63.0. The molecule has 0 aliphatic heterocycles. The molecule has 80 heavy (non-hydrogen) atoms. The molecule has 0 aromatic carbocycles. The molecular formula is C71H145N2O6P. The van der Waals surface area contributed by atoms with Crippen LogP contribution in [0.1, 0.15) is 399 Å². The van der Waals surface area contributed by atoms with Crippen molar-refractivity contribution in [3.63, 3.8) is 0 Å². The van der Waals surface area contributed by atoms with Gasteiger partial charge in [0.05, 0.1) is 39.9 Å². The van der Waals surface area contributed by atoms with Crippen LogP contribution in [0, 0.1) is 0 Å². The van der Waals surface area contributed by atoms with E-state index in [-0.39, 0.29) is 19.1 Å². The molecule has 3 atom stereocenters. The van der Waals surface area contributed by atoms with Crippen LogP contribution in [0.5, 0.6) is 0 Å². The molecule has 0 saturated heterocycles. The van der Waals surface area contributed by atoms with Gasteiger partial charge in [0.15, 0.2) is 0 Å². The minimum absolute atomic E-state index is 0.0169. The van der Waals surface area contributed by atoms with E-state index in [1.165, 1.54) is 334 Å². The molecule has 0 bridgehead atoms. The summed E-state index contributed by atoms with van der Waals surface area (Å²) in [5.41, 5.74) is 0. The average molecular weight is 1150 g/mol. The third-order valence-electron chi connectivity index (χ3n) is 17.3. The lowest BCUT2D eigenvalue weighted by molar-refractivity contribution is -0.870. The fraction of sp³-hybridized carbons (Fsp3) is 0.986. The first-order valence-electron chi connectivity index (χ1n) is 36.4. The first-order valence-corrected chi connectivity index (χ1v) is 37.8. The number of likely N-dealkylation sites (N-methyl/N-ethyl adjacent to an activating group) is 1. The third-order valence-corrected chi connectivity index (χ3v) is 18.3. The van der Waals surface area contributed by atoms with Crippen molar-refractivity contribution in [1.82, 2.24) is 5.32 Å². The van der Waals surface area contributed by atoms with E-state index in [4.69, 9.17) is 9.05 Å². The topological polar surface area (TPSA) is 108 Å². The van der Waals surface area contributed by atoms with E-state index in [1.807, 2.05) is 21.1 Å². The predicted molar refractivity (Wildman–Crippen MR) is 349 cm³/mol. The highest BCUT2D eigenvalue weighted by atomic mass is 31.2. The number of phosphoric acid groups is 1. The number of rotatable bonds is 69. The van der Waals surface area contributed by atoms with Crippen molar-refractivity contribution in [2.24, 2.45) is 0 Å². The molecule has 1 amide bonds. The summed E-state index contributed by atoms with van der Waals surface area (Å²) in [4.78, 5) is 25.6. The van der Waals surface area contributed by atoms with Crippen LogP contribution in [0.3, 0.4) is 0 Å². The van der Waals surface area contributed by atoms with Gasteiger partial charge in [0.1, 0.15) is 13.2 Å². The fourth-order valence-electron chi connectivity index (χ4n) is 11.7. The summed E-state index contributed by atoms with van der Waals surface area (Å²) >= 11 is 0. The highest BCUT2D eigenvalue weighted by Gasteiger charge is 2.24. The molecule has 0 heterocycles. The SMILES string of the molecule is CCCCCCCCCCCCCCCCCCCCCCCCCCCCCCCCCCCCCCCCCC(=O)NC(COP(=O)([O-])OCC[N+](C)(C)C)C(O)CCCCCCCCCCCCCCCCCCCCC. The van der Waals surface area contributed by atoms with Gasteiger partial charge in [0.25, 0.3) is 7.82 Å². The van der Waals surface area contributed by atoms with Gasteiger partial charge in [-0.15, -0.1) is 0 Å². The molecule has 0 rings (SSSR count). The Labute approximate surface area is 501 Å². The normalized spacial score (nSPS) is 13.5. The Kier molecular flexibility index (Phi) is 62.6. The summed E-state index contributed by atoms with van der Waals surface area (Å²) in [7, 11) is 1.33. The Morgan fingerprint density at radius 1 is 0.388 bits per heavy atom. The summed E-state index contributed by atoms with van der Waals surface area (Å²) in [6, 6.07) is -0.796. The Morgan fingerprint density at radius 3 is 0.850 bits per heavy atom. The summed E-state index contributed by atoms with van der Waals surface area (Å²) in [6.45, 7) is 4.80. The third kappa shape index (κ3) is 65.1. The van der Waals surface area contributed by atoms with Crippen molar-refractivity contribution in [2.45, 2.75) is 411 Å². The first-order chi connectivity index (χ1) is 39.0. The zero-order valence-electron chi connectivity index (χ0n) is 55.1. The highest BCUT2D eigenvalue weighted by Crippen LogP contribution is 2.38. The second-order valence-electron chi connectivity index (χ2n) is 26.7. The molecule has 0 saturated carbocycles. The van der Waals surface area contributed by atoms with Gasteiger partial charge >= 0.3 is 0 Å². The van der Waals surface area contributed by atoms with Gasteiger partial charge in [-0.2, -0.15) is 0 Å². The van der Waals surface area contributed by atoms with E-state index in [0.29, 0.717) is 23.9 Å². The smallest absolute Gasteiger partial charge is 0.268 e. The van der Waals surface area contributed by atoms with Crippen molar-refractivity contribution in [2.75, 3.05) is 40.9 Å². The molecule has 0 aliphatic rings. The summed E-state index contributed by atoms with van der Waals surface area (Å²) < 4.78 is 23.5. The highest BCUT2D eigenvalue weighted by molar-refractivity contribution is 7.45. The molecule has 3 unspecified atom stereocenters. The number of aliphatic hydroxyl groups excluding tert-OH is 1. The van der Waals surface area contributed by atoms with E-state index < -0.39 is 20.0 Å². The Morgan fingerprint density at radius 2 is 0.613 bits per heavy atom. The molecule has 0 fully saturated rings. The average Bonchev–Trinajstić information content (AvgIpc) is 3.42.